The van der Waals surface area contributed by atoms with Crippen molar-refractivity contribution in [3.05, 3.63) is 46.2 Å². The zero-order valence-electron chi connectivity index (χ0n) is 11.8. The molecule has 3 N–H and O–H groups in total. The predicted octanol–water partition coefficient (Wildman–Crippen LogP) is -0.375. The number of aromatic amines is 1. The van der Waals surface area contributed by atoms with Crippen LogP contribution in [0.2, 0.25) is 0 Å². The lowest BCUT2D eigenvalue weighted by Crippen LogP contribution is -2.31. The Morgan fingerprint density at radius 3 is 2.77 bits per heavy atom. The van der Waals surface area contributed by atoms with Gasteiger partial charge in [-0.1, -0.05) is 18.2 Å². The van der Waals surface area contributed by atoms with Gasteiger partial charge < -0.3 is 10.3 Å². The summed E-state index contributed by atoms with van der Waals surface area (Å²) in [5, 5.41) is 3.30. The highest BCUT2D eigenvalue weighted by Gasteiger charge is 2.11. The van der Waals surface area contributed by atoms with E-state index >= 15 is 0 Å². The van der Waals surface area contributed by atoms with E-state index in [1.807, 2.05) is 16.9 Å². The molecule has 1 heterocycles. The van der Waals surface area contributed by atoms with Crippen LogP contribution in [-0.4, -0.2) is 33.0 Å². The van der Waals surface area contributed by atoms with Gasteiger partial charge in [0.1, 0.15) is 6.61 Å². The van der Waals surface area contributed by atoms with Gasteiger partial charge in [0.05, 0.1) is 0 Å². The van der Waals surface area contributed by atoms with Crippen molar-refractivity contribution < 1.29 is 17.4 Å². The van der Waals surface area contributed by atoms with Crippen LogP contribution < -0.4 is 15.6 Å². The smallest absolute Gasteiger partial charge is 0.336 e. The van der Waals surface area contributed by atoms with Crippen molar-refractivity contribution in [3.63, 3.8) is 0 Å². The lowest BCUT2D eigenvalue weighted by atomic mass is 10.1. The van der Waals surface area contributed by atoms with Gasteiger partial charge >= 0.3 is 10.3 Å². The summed E-state index contributed by atoms with van der Waals surface area (Å²) in [6, 6.07) is 8.55. The van der Waals surface area contributed by atoms with Gasteiger partial charge in [0, 0.05) is 30.6 Å². The second-order valence-electron chi connectivity index (χ2n) is 4.40. The van der Waals surface area contributed by atoms with Crippen LogP contribution in [0.25, 0.3) is 10.9 Å². The lowest BCUT2D eigenvalue weighted by Gasteiger charge is -2.08. The molecule has 0 aliphatic rings. The second-order valence-corrected chi connectivity index (χ2v) is 5.95. The Morgan fingerprint density at radius 1 is 1.32 bits per heavy atom. The van der Waals surface area contributed by atoms with Crippen molar-refractivity contribution in [2.75, 3.05) is 13.7 Å². The normalized spacial score (nSPS) is 11.5. The molecule has 8 nitrogen and oxygen atoms in total. The number of carbonyl (C=O) groups excluding carboxylic acids is 1. The molecule has 1 aromatic heterocycles. The Balaban J connectivity index is 2.06. The van der Waals surface area contributed by atoms with Gasteiger partial charge in [0.2, 0.25) is 11.5 Å². The van der Waals surface area contributed by atoms with E-state index in [0.29, 0.717) is 11.1 Å². The van der Waals surface area contributed by atoms with Crippen molar-refractivity contribution in [1.82, 2.24) is 15.0 Å². The molecule has 9 heteroatoms. The third kappa shape index (κ3) is 4.13. The highest BCUT2D eigenvalue weighted by molar-refractivity contribution is 7.84. The first kappa shape index (κ1) is 16.1. The minimum absolute atomic E-state index is 0.0895. The number of pyridine rings is 1. The van der Waals surface area contributed by atoms with Crippen molar-refractivity contribution in [1.29, 1.82) is 0 Å². The molecule has 1 amide bonds. The molecule has 0 aliphatic carbocycles. The van der Waals surface area contributed by atoms with Crippen LogP contribution in [0.15, 0.2) is 35.1 Å². The monoisotopic (exact) mass is 325 g/mol. The maximum Gasteiger partial charge on any atom is 0.336 e. The zero-order chi connectivity index (χ0) is 16.2. The number of benzene rings is 1. The molecule has 0 saturated heterocycles. The first-order chi connectivity index (χ1) is 10.4. The van der Waals surface area contributed by atoms with Gasteiger partial charge in [0.25, 0.3) is 0 Å². The van der Waals surface area contributed by atoms with Crippen LogP contribution in [0.3, 0.4) is 0 Å². The number of carbonyl (C=O) groups is 1. The van der Waals surface area contributed by atoms with Crippen LogP contribution in [0.1, 0.15) is 5.56 Å². The fourth-order valence-corrected chi connectivity index (χ4v) is 2.24. The average molecular weight is 325 g/mol. The first-order valence-corrected chi connectivity index (χ1v) is 7.77. The van der Waals surface area contributed by atoms with Crippen LogP contribution in [0, 0.1) is 0 Å². The molecule has 0 spiro atoms. The molecule has 2 rings (SSSR count). The molecule has 2 aromatic rings. The Labute approximate surface area is 126 Å². The lowest BCUT2D eigenvalue weighted by molar-refractivity contribution is -0.123. The molecule has 0 radical (unpaired) electrons. The fraction of sp³-hybridized carbons (Fsp3) is 0.231. The summed E-state index contributed by atoms with van der Waals surface area (Å²) in [7, 11) is -2.73. The fourth-order valence-electron chi connectivity index (χ4n) is 1.86. The van der Waals surface area contributed by atoms with E-state index in [2.05, 4.69) is 14.5 Å². The van der Waals surface area contributed by atoms with E-state index in [1.54, 1.807) is 12.1 Å². The van der Waals surface area contributed by atoms with E-state index < -0.39 is 22.8 Å². The van der Waals surface area contributed by atoms with Crippen molar-refractivity contribution >= 4 is 27.1 Å². The maximum absolute atomic E-state index is 11.6. The molecule has 0 fully saturated rings. The number of hydrogen-bond donors (Lipinski definition) is 3. The quantitative estimate of drug-likeness (QED) is 0.669. The van der Waals surface area contributed by atoms with Crippen molar-refractivity contribution in [2.24, 2.45) is 0 Å². The highest BCUT2D eigenvalue weighted by Crippen LogP contribution is 2.14. The van der Waals surface area contributed by atoms with E-state index in [9.17, 15) is 18.0 Å². The van der Waals surface area contributed by atoms with Gasteiger partial charge in [-0.15, -0.1) is 0 Å². The number of para-hydroxylation sites is 1. The number of aromatic nitrogens is 1. The van der Waals surface area contributed by atoms with Gasteiger partial charge in [-0.25, -0.2) is 4.18 Å². The van der Waals surface area contributed by atoms with Gasteiger partial charge in [-0.3, -0.25) is 9.59 Å². The number of H-pyrrole nitrogens is 1. The minimum Gasteiger partial charge on any atom is -0.350 e. The molecule has 0 aliphatic heterocycles. The van der Waals surface area contributed by atoms with E-state index in [0.717, 1.165) is 5.39 Å². The van der Waals surface area contributed by atoms with Crippen LogP contribution in [0.4, 0.5) is 0 Å². The minimum atomic E-state index is -3.90. The van der Waals surface area contributed by atoms with Crippen LogP contribution in [-0.2, 0) is 25.8 Å². The molecule has 0 unspecified atom stereocenters. The predicted molar refractivity (Wildman–Crippen MR) is 80.3 cm³/mol. The molecule has 22 heavy (non-hydrogen) atoms. The summed E-state index contributed by atoms with van der Waals surface area (Å²) < 4.78 is 28.4. The topological polar surface area (TPSA) is 117 Å². The van der Waals surface area contributed by atoms with Crippen molar-refractivity contribution in [3.8, 4) is 0 Å². The Morgan fingerprint density at radius 2 is 2.05 bits per heavy atom. The summed E-state index contributed by atoms with van der Waals surface area (Å²) >= 11 is 0. The number of rotatable bonds is 6. The number of amides is 1. The molecule has 0 saturated carbocycles. The Kier molecular flexibility index (Phi) is 4.91. The molecular formula is C13H15N3O5S. The third-order valence-electron chi connectivity index (χ3n) is 2.91. The van der Waals surface area contributed by atoms with Gasteiger partial charge in [0.15, 0.2) is 0 Å². The summed E-state index contributed by atoms with van der Waals surface area (Å²) in [4.78, 5) is 25.8. The maximum atomic E-state index is 11.6. The summed E-state index contributed by atoms with van der Waals surface area (Å²) in [6.45, 7) is -0.545. The van der Waals surface area contributed by atoms with Crippen molar-refractivity contribution in [2.45, 2.75) is 6.54 Å². The molecule has 118 valence electrons. The van der Waals surface area contributed by atoms with Crippen LogP contribution >= 0.6 is 0 Å². The summed E-state index contributed by atoms with van der Waals surface area (Å²) in [6.07, 6.45) is 0. The first-order valence-electron chi connectivity index (χ1n) is 6.37. The Bertz CT molecular complexity index is 844. The Hall–Kier alpha value is -2.23. The largest absolute Gasteiger partial charge is 0.350 e. The van der Waals surface area contributed by atoms with E-state index in [-0.39, 0.29) is 12.1 Å². The number of nitrogens with one attached hydrogen (secondary N) is 3. The SMILES string of the molecule is CNS(=O)(=O)OCC(=O)NCc1cc(=O)[nH]c2ccccc12. The number of hydrogen-bond acceptors (Lipinski definition) is 5. The second kappa shape index (κ2) is 6.69. The summed E-state index contributed by atoms with van der Waals surface area (Å²) in [5.74, 6) is -0.608. The number of fused-ring (bicyclic) bond motifs is 1. The molecular weight excluding hydrogens is 310 g/mol. The van der Waals surface area contributed by atoms with Gasteiger partial charge in [-0.05, 0) is 11.6 Å². The third-order valence-corrected chi connectivity index (χ3v) is 3.84. The summed E-state index contributed by atoms with van der Waals surface area (Å²) in [5.41, 5.74) is 1.01. The standard InChI is InChI=1S/C13H15N3O5S/c1-14-22(19,20)21-8-13(18)15-7-9-6-12(17)16-11-5-3-2-4-10(9)11/h2-6,14H,7-8H2,1H3,(H,15,18)(H,16,17). The van der Waals surface area contributed by atoms with Gasteiger partial charge in [-0.2, -0.15) is 13.1 Å². The molecule has 0 bridgehead atoms. The molecule has 0 atom stereocenters. The van der Waals surface area contributed by atoms with E-state index in [1.165, 1.54) is 13.1 Å². The van der Waals surface area contributed by atoms with Crippen LogP contribution in [0.5, 0.6) is 0 Å². The highest BCUT2D eigenvalue weighted by atomic mass is 32.2. The molecule has 1 aromatic carbocycles. The average Bonchev–Trinajstić information content (AvgIpc) is 2.50. The zero-order valence-corrected chi connectivity index (χ0v) is 12.6. The van der Waals surface area contributed by atoms with E-state index in [4.69, 9.17) is 0 Å².